The number of benzene rings is 1. The van der Waals surface area contributed by atoms with Crippen molar-refractivity contribution in [3.8, 4) is 12.3 Å². The van der Waals surface area contributed by atoms with Crippen LogP contribution < -0.4 is 16.8 Å². The first-order valence-corrected chi connectivity index (χ1v) is 7.01. The molecule has 1 rings (SSSR count). The maximum Gasteiger partial charge on any atom is 0.332 e. The van der Waals surface area contributed by atoms with Crippen LogP contribution in [0.25, 0.3) is 0 Å². The molecule has 23 heavy (non-hydrogen) atoms. The average Bonchev–Trinajstić information content (AvgIpc) is 2.55. The van der Waals surface area contributed by atoms with E-state index in [9.17, 15) is 9.59 Å². The van der Waals surface area contributed by atoms with E-state index in [0.717, 1.165) is 5.56 Å². The summed E-state index contributed by atoms with van der Waals surface area (Å²) in [7, 11) is 0. The SMILES string of the molecule is C#CCC[C@H](N)C(=O)NCc1ccc(/C(N)=N/OC(C)=O)cc1. The number of carbonyl (C=O) groups is 2. The number of nitrogens with two attached hydrogens (primary N) is 2. The largest absolute Gasteiger partial charge is 0.380 e. The molecular weight excluding hydrogens is 296 g/mol. The molecule has 1 amide bonds. The Morgan fingerprint density at radius 1 is 1.39 bits per heavy atom. The Bertz CT molecular complexity index is 617. The molecule has 0 spiro atoms. The molecule has 0 saturated heterocycles. The molecule has 0 aromatic heterocycles. The van der Waals surface area contributed by atoms with Crippen molar-refractivity contribution in [1.29, 1.82) is 0 Å². The van der Waals surface area contributed by atoms with E-state index in [1.165, 1.54) is 6.92 Å². The number of carbonyl (C=O) groups excluding carboxylic acids is 2. The summed E-state index contributed by atoms with van der Waals surface area (Å²) in [5.74, 6) is 1.74. The molecule has 0 fully saturated rings. The molecule has 1 atom stereocenters. The molecule has 1 aromatic rings. The Balaban J connectivity index is 2.54. The highest BCUT2D eigenvalue weighted by atomic mass is 16.7. The number of nitrogens with one attached hydrogen (secondary N) is 1. The van der Waals surface area contributed by atoms with E-state index < -0.39 is 12.0 Å². The molecule has 7 heteroatoms. The lowest BCUT2D eigenvalue weighted by molar-refractivity contribution is -0.140. The smallest absolute Gasteiger partial charge is 0.332 e. The van der Waals surface area contributed by atoms with Gasteiger partial charge in [0.15, 0.2) is 5.84 Å². The van der Waals surface area contributed by atoms with Crippen LogP contribution in [-0.4, -0.2) is 23.8 Å². The van der Waals surface area contributed by atoms with Crippen molar-refractivity contribution in [3.05, 3.63) is 35.4 Å². The summed E-state index contributed by atoms with van der Waals surface area (Å²) in [5.41, 5.74) is 12.9. The molecule has 7 nitrogen and oxygen atoms in total. The highest BCUT2D eigenvalue weighted by molar-refractivity contribution is 5.97. The standard InChI is InChI=1S/C16H20N4O3/c1-3-4-5-14(17)16(22)19-10-12-6-8-13(9-7-12)15(18)20-23-11(2)21/h1,6-9,14H,4-5,10,17H2,2H3,(H2,18,20)(H,19,22)/t14-/m0/s1. The zero-order valence-corrected chi connectivity index (χ0v) is 12.9. The maximum atomic E-state index is 11.8. The molecule has 0 unspecified atom stereocenters. The minimum atomic E-state index is -0.614. The monoisotopic (exact) mass is 316 g/mol. The van der Waals surface area contributed by atoms with Crippen molar-refractivity contribution < 1.29 is 14.4 Å². The number of hydrogen-bond acceptors (Lipinski definition) is 5. The summed E-state index contributed by atoms with van der Waals surface area (Å²) in [6.07, 6.45) is 6.05. The zero-order valence-electron chi connectivity index (χ0n) is 12.9. The third kappa shape index (κ3) is 6.63. The first-order valence-electron chi connectivity index (χ1n) is 7.01. The summed E-state index contributed by atoms with van der Waals surface area (Å²) in [6.45, 7) is 1.57. The summed E-state index contributed by atoms with van der Waals surface area (Å²) in [6, 6.07) is 6.36. The summed E-state index contributed by atoms with van der Waals surface area (Å²) < 4.78 is 0. The van der Waals surface area contributed by atoms with Gasteiger partial charge in [-0.2, -0.15) is 0 Å². The molecule has 0 saturated carbocycles. The van der Waals surface area contributed by atoms with Gasteiger partial charge in [-0.15, -0.1) is 12.3 Å². The molecule has 0 radical (unpaired) electrons. The molecule has 0 aliphatic carbocycles. The molecule has 5 N–H and O–H groups in total. The molecule has 122 valence electrons. The Morgan fingerprint density at radius 2 is 2.04 bits per heavy atom. The second-order valence-electron chi connectivity index (χ2n) is 4.82. The lowest BCUT2D eigenvalue weighted by atomic mass is 10.1. The Morgan fingerprint density at radius 3 is 2.61 bits per heavy atom. The van der Waals surface area contributed by atoms with Crippen LogP contribution >= 0.6 is 0 Å². The Kier molecular flexibility index (Phi) is 7.30. The quantitative estimate of drug-likeness (QED) is 0.219. The van der Waals surface area contributed by atoms with E-state index in [1.54, 1.807) is 24.3 Å². The van der Waals surface area contributed by atoms with E-state index in [-0.39, 0.29) is 11.7 Å². The van der Waals surface area contributed by atoms with E-state index >= 15 is 0 Å². The van der Waals surface area contributed by atoms with Crippen LogP contribution in [-0.2, 0) is 21.0 Å². The van der Waals surface area contributed by atoms with Crippen molar-refractivity contribution in [2.24, 2.45) is 16.6 Å². The topological polar surface area (TPSA) is 120 Å². The van der Waals surface area contributed by atoms with Gasteiger partial charge in [-0.1, -0.05) is 29.4 Å². The number of amides is 1. The van der Waals surface area contributed by atoms with Gasteiger partial charge in [0.05, 0.1) is 6.04 Å². The van der Waals surface area contributed by atoms with Gasteiger partial charge >= 0.3 is 5.97 Å². The van der Waals surface area contributed by atoms with Crippen molar-refractivity contribution in [2.75, 3.05) is 0 Å². The van der Waals surface area contributed by atoms with Gasteiger partial charge in [0, 0.05) is 25.5 Å². The number of oxime groups is 1. The number of terminal acetylenes is 1. The molecule has 0 aliphatic rings. The van der Waals surface area contributed by atoms with Gasteiger partial charge < -0.3 is 21.6 Å². The van der Waals surface area contributed by atoms with Crippen LogP contribution in [0.2, 0.25) is 0 Å². The fourth-order valence-corrected chi connectivity index (χ4v) is 1.65. The molecule has 1 aromatic carbocycles. The average molecular weight is 316 g/mol. The zero-order chi connectivity index (χ0) is 17.2. The number of hydrogen-bond donors (Lipinski definition) is 3. The van der Waals surface area contributed by atoms with Crippen LogP contribution in [0.1, 0.15) is 30.9 Å². The Labute approximate surface area is 135 Å². The van der Waals surface area contributed by atoms with Gasteiger partial charge in [0.1, 0.15) is 0 Å². The van der Waals surface area contributed by atoms with Crippen molar-refractivity contribution in [3.63, 3.8) is 0 Å². The van der Waals surface area contributed by atoms with Gasteiger partial charge in [0.2, 0.25) is 5.91 Å². The van der Waals surface area contributed by atoms with Crippen LogP contribution in [0, 0.1) is 12.3 Å². The fourth-order valence-electron chi connectivity index (χ4n) is 1.65. The first kappa shape index (κ1) is 18.2. The van der Waals surface area contributed by atoms with Gasteiger partial charge in [0.25, 0.3) is 0 Å². The van der Waals surface area contributed by atoms with Gasteiger partial charge in [-0.05, 0) is 12.0 Å². The lowest BCUT2D eigenvalue weighted by Gasteiger charge is -2.11. The minimum absolute atomic E-state index is 0.0899. The van der Waals surface area contributed by atoms with Crippen LogP contribution in [0.3, 0.4) is 0 Å². The summed E-state index contributed by atoms with van der Waals surface area (Å²) >= 11 is 0. The summed E-state index contributed by atoms with van der Waals surface area (Å²) in [4.78, 5) is 26.9. The van der Waals surface area contributed by atoms with E-state index in [1.807, 2.05) is 0 Å². The van der Waals surface area contributed by atoms with Crippen LogP contribution in [0.4, 0.5) is 0 Å². The number of rotatable bonds is 7. The maximum absolute atomic E-state index is 11.8. The second-order valence-corrected chi connectivity index (χ2v) is 4.82. The van der Waals surface area contributed by atoms with Gasteiger partial charge in [-0.25, -0.2) is 4.79 Å². The first-order chi connectivity index (χ1) is 10.9. The third-order valence-corrected chi connectivity index (χ3v) is 2.93. The second kappa shape index (κ2) is 9.23. The third-order valence-electron chi connectivity index (χ3n) is 2.93. The van der Waals surface area contributed by atoms with Crippen LogP contribution in [0.5, 0.6) is 0 Å². The lowest BCUT2D eigenvalue weighted by Crippen LogP contribution is -2.40. The number of nitrogens with zero attached hydrogens (tertiary/aromatic N) is 1. The van der Waals surface area contributed by atoms with Crippen molar-refractivity contribution in [1.82, 2.24) is 5.32 Å². The summed E-state index contributed by atoms with van der Waals surface area (Å²) in [5, 5.41) is 6.23. The van der Waals surface area contributed by atoms with Crippen molar-refractivity contribution >= 4 is 17.7 Å². The van der Waals surface area contributed by atoms with Gasteiger partial charge in [-0.3, -0.25) is 4.79 Å². The molecular formula is C16H20N4O3. The number of amidine groups is 1. The highest BCUT2D eigenvalue weighted by Crippen LogP contribution is 2.05. The highest BCUT2D eigenvalue weighted by Gasteiger charge is 2.11. The minimum Gasteiger partial charge on any atom is -0.380 e. The van der Waals surface area contributed by atoms with E-state index in [2.05, 4.69) is 21.2 Å². The van der Waals surface area contributed by atoms with E-state index in [4.69, 9.17) is 17.9 Å². The predicted octanol–water partition coefficient (Wildman–Crippen LogP) is 0.227. The molecule has 0 aliphatic heterocycles. The predicted molar refractivity (Wildman–Crippen MR) is 86.8 cm³/mol. The Hall–Kier alpha value is -2.85. The van der Waals surface area contributed by atoms with Crippen LogP contribution in [0.15, 0.2) is 29.4 Å². The van der Waals surface area contributed by atoms with Crippen molar-refractivity contribution in [2.45, 2.75) is 32.4 Å². The van der Waals surface area contributed by atoms with E-state index in [0.29, 0.717) is 24.9 Å². The molecule has 0 bridgehead atoms. The fraction of sp³-hybridized carbons (Fsp3) is 0.312. The normalized spacial score (nSPS) is 12.1. The molecule has 0 heterocycles.